The van der Waals surface area contributed by atoms with Crippen molar-refractivity contribution < 1.29 is 8.78 Å². The van der Waals surface area contributed by atoms with Crippen LogP contribution in [0, 0.1) is 24.0 Å². The summed E-state index contributed by atoms with van der Waals surface area (Å²) in [6.07, 6.45) is 0. The predicted octanol–water partition coefficient (Wildman–Crippen LogP) is 3.97. The van der Waals surface area contributed by atoms with E-state index >= 15 is 0 Å². The summed E-state index contributed by atoms with van der Waals surface area (Å²) in [5, 5.41) is 3.22. The van der Waals surface area contributed by atoms with Crippen molar-refractivity contribution in [2.75, 3.05) is 6.54 Å². The zero-order valence-corrected chi connectivity index (χ0v) is 11.2. The molecule has 3 heteroatoms. The Morgan fingerprint density at radius 3 is 2.24 bits per heavy atom. The Hall–Kier alpha value is -0.960. The summed E-state index contributed by atoms with van der Waals surface area (Å²) >= 11 is 0. The molecule has 1 aromatic carbocycles. The SMILES string of the molecule is CCNC(c1ccc(C)c(F)c1F)C(C)(C)C. The average molecular weight is 241 g/mol. The molecule has 1 unspecified atom stereocenters. The van der Waals surface area contributed by atoms with Crippen molar-refractivity contribution >= 4 is 0 Å². The Morgan fingerprint density at radius 2 is 1.76 bits per heavy atom. The minimum atomic E-state index is -0.741. The Bertz CT molecular complexity index is 394. The van der Waals surface area contributed by atoms with E-state index in [1.165, 1.54) is 0 Å². The number of nitrogens with one attached hydrogen (secondary N) is 1. The number of aryl methyl sites for hydroxylation is 1. The van der Waals surface area contributed by atoms with Crippen LogP contribution in [0.3, 0.4) is 0 Å². The number of halogens is 2. The van der Waals surface area contributed by atoms with Crippen molar-refractivity contribution in [2.24, 2.45) is 5.41 Å². The highest BCUT2D eigenvalue weighted by Gasteiger charge is 2.29. The minimum Gasteiger partial charge on any atom is -0.310 e. The fourth-order valence-corrected chi connectivity index (χ4v) is 1.97. The Morgan fingerprint density at radius 1 is 1.18 bits per heavy atom. The van der Waals surface area contributed by atoms with E-state index in [1.807, 2.05) is 27.7 Å². The van der Waals surface area contributed by atoms with Gasteiger partial charge in [-0.3, -0.25) is 0 Å². The first-order valence-electron chi connectivity index (χ1n) is 5.97. The first-order valence-corrected chi connectivity index (χ1v) is 5.97. The standard InChI is InChI=1S/C14H21F2N/c1-6-17-13(14(3,4)5)10-8-7-9(2)11(15)12(10)16/h7-8,13,17H,6H2,1-5H3. The van der Waals surface area contributed by atoms with Crippen LogP contribution in [0.25, 0.3) is 0 Å². The summed E-state index contributed by atoms with van der Waals surface area (Å²) in [5.74, 6) is -1.47. The lowest BCUT2D eigenvalue weighted by Crippen LogP contribution is -2.33. The van der Waals surface area contributed by atoms with Crippen molar-refractivity contribution in [2.45, 2.75) is 40.7 Å². The maximum absolute atomic E-state index is 14.0. The third-order valence-electron chi connectivity index (χ3n) is 2.89. The smallest absolute Gasteiger partial charge is 0.163 e. The van der Waals surface area contributed by atoms with E-state index in [2.05, 4.69) is 5.32 Å². The summed E-state index contributed by atoms with van der Waals surface area (Å²) in [4.78, 5) is 0. The molecular weight excluding hydrogens is 220 g/mol. The van der Waals surface area contributed by atoms with E-state index in [4.69, 9.17) is 0 Å². The average Bonchev–Trinajstić information content (AvgIpc) is 2.22. The predicted molar refractivity (Wildman–Crippen MR) is 67.0 cm³/mol. The van der Waals surface area contributed by atoms with Gasteiger partial charge in [0.15, 0.2) is 11.6 Å². The molecule has 0 amide bonds. The van der Waals surface area contributed by atoms with Gasteiger partial charge in [-0.25, -0.2) is 8.78 Å². The van der Waals surface area contributed by atoms with Crippen LogP contribution in [0.4, 0.5) is 8.78 Å². The summed E-state index contributed by atoms with van der Waals surface area (Å²) in [6, 6.07) is 3.11. The van der Waals surface area contributed by atoms with Crippen LogP contribution < -0.4 is 5.32 Å². The highest BCUT2D eigenvalue weighted by Crippen LogP contribution is 2.35. The minimum absolute atomic E-state index is 0.168. The molecule has 0 aliphatic carbocycles. The van der Waals surface area contributed by atoms with Gasteiger partial charge in [-0.2, -0.15) is 0 Å². The maximum atomic E-state index is 14.0. The van der Waals surface area contributed by atoms with Crippen molar-refractivity contribution in [3.05, 3.63) is 34.9 Å². The van der Waals surface area contributed by atoms with Crippen LogP contribution in [0.2, 0.25) is 0 Å². The number of rotatable bonds is 3. The maximum Gasteiger partial charge on any atom is 0.163 e. The molecule has 0 radical (unpaired) electrons. The zero-order chi connectivity index (χ0) is 13.2. The first-order chi connectivity index (χ1) is 7.79. The van der Waals surface area contributed by atoms with E-state index < -0.39 is 11.6 Å². The summed E-state index contributed by atoms with van der Waals surface area (Å²) in [6.45, 7) is 10.3. The summed E-state index contributed by atoms with van der Waals surface area (Å²) < 4.78 is 27.5. The van der Waals surface area contributed by atoms with E-state index in [1.54, 1.807) is 19.1 Å². The zero-order valence-electron chi connectivity index (χ0n) is 11.2. The Balaban J connectivity index is 3.25. The second kappa shape index (κ2) is 5.13. The second-order valence-corrected chi connectivity index (χ2v) is 5.46. The van der Waals surface area contributed by atoms with Crippen LogP contribution in [0.5, 0.6) is 0 Å². The molecule has 1 atom stereocenters. The molecular formula is C14H21F2N. The van der Waals surface area contributed by atoms with Crippen molar-refractivity contribution in [3.63, 3.8) is 0 Å². The van der Waals surface area contributed by atoms with Gasteiger partial charge < -0.3 is 5.32 Å². The van der Waals surface area contributed by atoms with Gasteiger partial charge in [-0.1, -0.05) is 39.8 Å². The highest BCUT2D eigenvalue weighted by molar-refractivity contribution is 5.29. The number of hydrogen-bond acceptors (Lipinski definition) is 1. The monoisotopic (exact) mass is 241 g/mol. The summed E-state index contributed by atoms with van der Waals surface area (Å²) in [7, 11) is 0. The van der Waals surface area contributed by atoms with Gasteiger partial charge in [0.05, 0.1) is 0 Å². The molecule has 1 rings (SSSR count). The van der Waals surface area contributed by atoms with Crippen molar-refractivity contribution in [3.8, 4) is 0 Å². The van der Waals surface area contributed by atoms with Gasteiger partial charge in [-0.15, -0.1) is 0 Å². The van der Waals surface area contributed by atoms with Crippen LogP contribution >= 0.6 is 0 Å². The van der Waals surface area contributed by atoms with Gasteiger partial charge >= 0.3 is 0 Å². The molecule has 0 aliphatic rings. The van der Waals surface area contributed by atoms with Crippen LogP contribution in [0.1, 0.15) is 44.9 Å². The van der Waals surface area contributed by atoms with E-state index in [0.717, 1.165) is 6.54 Å². The third kappa shape index (κ3) is 3.03. The molecule has 17 heavy (non-hydrogen) atoms. The van der Waals surface area contributed by atoms with E-state index in [0.29, 0.717) is 11.1 Å². The van der Waals surface area contributed by atoms with E-state index in [-0.39, 0.29) is 11.5 Å². The van der Waals surface area contributed by atoms with Crippen molar-refractivity contribution in [1.82, 2.24) is 5.32 Å². The van der Waals surface area contributed by atoms with E-state index in [9.17, 15) is 8.78 Å². The normalized spacial score (nSPS) is 13.8. The molecule has 0 heterocycles. The topological polar surface area (TPSA) is 12.0 Å². The molecule has 0 saturated carbocycles. The molecule has 0 saturated heterocycles. The van der Waals surface area contributed by atoms with Crippen LogP contribution in [0.15, 0.2) is 12.1 Å². The Labute approximate surface area is 102 Å². The van der Waals surface area contributed by atoms with Crippen molar-refractivity contribution in [1.29, 1.82) is 0 Å². The Kier molecular flexibility index (Phi) is 4.26. The van der Waals surface area contributed by atoms with Crippen LogP contribution in [-0.4, -0.2) is 6.54 Å². The number of benzene rings is 1. The van der Waals surface area contributed by atoms with Gasteiger partial charge in [0, 0.05) is 11.6 Å². The second-order valence-electron chi connectivity index (χ2n) is 5.46. The van der Waals surface area contributed by atoms with Gasteiger partial charge in [-0.05, 0) is 24.4 Å². The fourth-order valence-electron chi connectivity index (χ4n) is 1.97. The quantitative estimate of drug-likeness (QED) is 0.844. The first kappa shape index (κ1) is 14.1. The van der Waals surface area contributed by atoms with Crippen LogP contribution in [-0.2, 0) is 0 Å². The molecule has 0 fully saturated rings. The molecule has 96 valence electrons. The molecule has 1 aromatic rings. The van der Waals surface area contributed by atoms with Gasteiger partial charge in [0.2, 0.25) is 0 Å². The molecule has 1 N–H and O–H groups in total. The lowest BCUT2D eigenvalue weighted by molar-refractivity contribution is 0.268. The molecule has 1 nitrogen and oxygen atoms in total. The molecule has 0 bridgehead atoms. The molecule has 0 spiro atoms. The molecule has 0 aromatic heterocycles. The van der Waals surface area contributed by atoms with Gasteiger partial charge in [0.25, 0.3) is 0 Å². The lowest BCUT2D eigenvalue weighted by Gasteiger charge is -2.32. The lowest BCUT2D eigenvalue weighted by atomic mass is 9.82. The highest BCUT2D eigenvalue weighted by atomic mass is 19.2. The third-order valence-corrected chi connectivity index (χ3v) is 2.89. The summed E-state index contributed by atoms with van der Waals surface area (Å²) in [5.41, 5.74) is 0.580. The number of hydrogen-bond donors (Lipinski definition) is 1. The molecule has 0 aliphatic heterocycles. The largest absolute Gasteiger partial charge is 0.310 e. The fraction of sp³-hybridized carbons (Fsp3) is 0.571. The van der Waals surface area contributed by atoms with Gasteiger partial charge in [0.1, 0.15) is 0 Å².